The number of aromatic hydroxyl groups is 1. The van der Waals surface area contributed by atoms with Crippen molar-refractivity contribution in [2.75, 3.05) is 39.8 Å². The number of likely N-dealkylation sites (N-methyl/N-ethyl adjacent to an activating group) is 1. The minimum Gasteiger partial charge on any atom is -0.504 e. The number of phenols is 1. The Hall–Kier alpha value is -1.30. The van der Waals surface area contributed by atoms with Gasteiger partial charge < -0.3 is 15.6 Å². The molecule has 0 radical (unpaired) electrons. The van der Waals surface area contributed by atoms with Crippen LogP contribution in [0.5, 0.6) is 11.5 Å². The van der Waals surface area contributed by atoms with Crippen LogP contribution in [0.4, 0.5) is 0 Å². The van der Waals surface area contributed by atoms with Crippen LogP contribution in [-0.2, 0) is 0 Å². The highest BCUT2D eigenvalue weighted by atomic mass is 16.5. The van der Waals surface area contributed by atoms with Crippen LogP contribution in [0.2, 0.25) is 0 Å². The average Bonchev–Trinajstić information content (AvgIpc) is 2.56. The molecule has 1 aliphatic rings. The van der Waals surface area contributed by atoms with Crippen LogP contribution in [0, 0.1) is 0 Å². The molecule has 2 atom stereocenters. The molecule has 1 heterocycles. The second-order valence-electron chi connectivity index (χ2n) is 5.87. The summed E-state index contributed by atoms with van der Waals surface area (Å²) in [7, 11) is 1.57. The van der Waals surface area contributed by atoms with Crippen LogP contribution in [0.3, 0.4) is 0 Å². The first-order chi connectivity index (χ1) is 10.6. The van der Waals surface area contributed by atoms with E-state index in [0.29, 0.717) is 18.3 Å². The van der Waals surface area contributed by atoms with E-state index < -0.39 is 0 Å². The molecule has 1 saturated heterocycles. The highest BCUT2D eigenvalue weighted by Gasteiger charge is 2.29. The summed E-state index contributed by atoms with van der Waals surface area (Å²) in [5.41, 5.74) is 7.17. The number of ether oxygens (including phenoxy) is 1. The number of methoxy groups -OCH3 is 1. The van der Waals surface area contributed by atoms with Gasteiger partial charge in [0.1, 0.15) is 0 Å². The SMILES string of the molecule is CCC1CN(C(CN)c2ccc(O)c(OC)c2)CCN1CC. The van der Waals surface area contributed by atoms with Gasteiger partial charge in [0, 0.05) is 38.3 Å². The average molecular weight is 307 g/mol. The fraction of sp³-hybridized carbons (Fsp3) is 0.647. The monoisotopic (exact) mass is 307 g/mol. The molecule has 124 valence electrons. The third-order valence-electron chi connectivity index (χ3n) is 4.77. The summed E-state index contributed by atoms with van der Waals surface area (Å²) in [4.78, 5) is 5.01. The van der Waals surface area contributed by atoms with Crippen LogP contribution < -0.4 is 10.5 Å². The molecule has 0 aliphatic carbocycles. The van der Waals surface area contributed by atoms with Crippen molar-refractivity contribution < 1.29 is 9.84 Å². The summed E-state index contributed by atoms with van der Waals surface area (Å²) in [5.74, 6) is 0.680. The molecule has 2 rings (SSSR count). The Morgan fingerprint density at radius 1 is 1.36 bits per heavy atom. The summed E-state index contributed by atoms with van der Waals surface area (Å²) in [6, 6.07) is 6.30. The smallest absolute Gasteiger partial charge is 0.160 e. The maximum absolute atomic E-state index is 9.77. The third kappa shape index (κ3) is 3.54. The molecule has 22 heavy (non-hydrogen) atoms. The standard InChI is InChI=1S/C17H29N3O2/c1-4-14-12-20(9-8-19(14)5-2)15(11-18)13-6-7-16(21)17(10-13)22-3/h6-7,10,14-15,21H,4-5,8-9,11-12,18H2,1-3H3. The van der Waals surface area contributed by atoms with Crippen molar-refractivity contribution in [2.24, 2.45) is 5.73 Å². The van der Waals surface area contributed by atoms with E-state index in [-0.39, 0.29) is 11.8 Å². The topological polar surface area (TPSA) is 62.0 Å². The number of rotatable bonds is 6. The van der Waals surface area contributed by atoms with E-state index in [2.05, 4.69) is 23.6 Å². The van der Waals surface area contributed by atoms with Gasteiger partial charge in [-0.05, 0) is 30.7 Å². The lowest BCUT2D eigenvalue weighted by atomic mass is 10.0. The van der Waals surface area contributed by atoms with Gasteiger partial charge in [-0.25, -0.2) is 0 Å². The molecule has 0 spiro atoms. The fourth-order valence-corrected chi connectivity index (χ4v) is 3.40. The van der Waals surface area contributed by atoms with Crippen molar-refractivity contribution in [2.45, 2.75) is 32.4 Å². The zero-order chi connectivity index (χ0) is 16.1. The molecule has 1 aromatic rings. The van der Waals surface area contributed by atoms with Gasteiger partial charge in [-0.3, -0.25) is 9.80 Å². The van der Waals surface area contributed by atoms with Crippen LogP contribution in [0.15, 0.2) is 18.2 Å². The summed E-state index contributed by atoms with van der Waals surface area (Å²) in [6.45, 7) is 9.29. The number of hydrogen-bond acceptors (Lipinski definition) is 5. The lowest BCUT2D eigenvalue weighted by molar-refractivity contribution is 0.0508. The Bertz CT molecular complexity index is 481. The van der Waals surface area contributed by atoms with Gasteiger partial charge in [0.15, 0.2) is 11.5 Å². The second kappa shape index (κ2) is 7.81. The van der Waals surface area contributed by atoms with Crippen molar-refractivity contribution in [1.29, 1.82) is 0 Å². The van der Waals surface area contributed by atoms with Crippen molar-refractivity contribution >= 4 is 0 Å². The molecular weight excluding hydrogens is 278 g/mol. The van der Waals surface area contributed by atoms with E-state index in [0.717, 1.165) is 38.2 Å². The predicted molar refractivity (Wildman–Crippen MR) is 89.4 cm³/mol. The molecule has 0 amide bonds. The zero-order valence-electron chi connectivity index (χ0n) is 14.0. The molecule has 0 aromatic heterocycles. The molecule has 0 saturated carbocycles. The van der Waals surface area contributed by atoms with E-state index in [1.165, 1.54) is 0 Å². The quantitative estimate of drug-likeness (QED) is 0.839. The first-order valence-electron chi connectivity index (χ1n) is 8.19. The highest BCUT2D eigenvalue weighted by Crippen LogP contribution is 2.31. The van der Waals surface area contributed by atoms with Gasteiger partial charge in [-0.2, -0.15) is 0 Å². The van der Waals surface area contributed by atoms with Crippen LogP contribution in [0.25, 0.3) is 0 Å². The predicted octanol–water partition coefficient (Wildman–Crippen LogP) is 1.82. The molecule has 2 unspecified atom stereocenters. The maximum atomic E-state index is 9.77. The summed E-state index contributed by atoms with van der Waals surface area (Å²) in [6.07, 6.45) is 1.15. The summed E-state index contributed by atoms with van der Waals surface area (Å²) in [5, 5.41) is 9.77. The molecule has 3 N–H and O–H groups in total. The van der Waals surface area contributed by atoms with E-state index in [1.54, 1.807) is 13.2 Å². The largest absolute Gasteiger partial charge is 0.504 e. The molecule has 5 heteroatoms. The van der Waals surface area contributed by atoms with Gasteiger partial charge in [0.2, 0.25) is 0 Å². The number of piperazine rings is 1. The maximum Gasteiger partial charge on any atom is 0.160 e. The Labute approximate surface area is 133 Å². The first-order valence-corrected chi connectivity index (χ1v) is 8.19. The van der Waals surface area contributed by atoms with Gasteiger partial charge >= 0.3 is 0 Å². The molecule has 5 nitrogen and oxygen atoms in total. The Morgan fingerprint density at radius 2 is 2.14 bits per heavy atom. The van der Waals surface area contributed by atoms with Gasteiger partial charge in [-0.1, -0.05) is 19.9 Å². The third-order valence-corrected chi connectivity index (χ3v) is 4.77. The van der Waals surface area contributed by atoms with Gasteiger partial charge in [0.05, 0.1) is 7.11 Å². The first kappa shape index (κ1) is 17.1. The van der Waals surface area contributed by atoms with Crippen molar-refractivity contribution in [1.82, 2.24) is 9.80 Å². The summed E-state index contributed by atoms with van der Waals surface area (Å²) >= 11 is 0. The Kier molecular flexibility index (Phi) is 6.06. The van der Waals surface area contributed by atoms with Crippen LogP contribution >= 0.6 is 0 Å². The van der Waals surface area contributed by atoms with Crippen molar-refractivity contribution in [3.05, 3.63) is 23.8 Å². The minimum atomic E-state index is 0.169. The van der Waals surface area contributed by atoms with Crippen LogP contribution in [0.1, 0.15) is 31.9 Å². The minimum absolute atomic E-state index is 0.169. The second-order valence-corrected chi connectivity index (χ2v) is 5.87. The number of nitrogens with zero attached hydrogens (tertiary/aromatic N) is 2. The molecular formula is C17H29N3O2. The van der Waals surface area contributed by atoms with Gasteiger partial charge in [0.25, 0.3) is 0 Å². The number of hydrogen-bond donors (Lipinski definition) is 2. The van der Waals surface area contributed by atoms with Crippen molar-refractivity contribution in [3.8, 4) is 11.5 Å². The molecule has 0 bridgehead atoms. The lowest BCUT2D eigenvalue weighted by Gasteiger charge is -2.44. The normalized spacial score (nSPS) is 21.7. The number of phenolic OH excluding ortho intramolecular Hbond substituents is 1. The highest BCUT2D eigenvalue weighted by molar-refractivity contribution is 5.42. The summed E-state index contributed by atoms with van der Waals surface area (Å²) < 4.78 is 5.23. The van der Waals surface area contributed by atoms with E-state index in [9.17, 15) is 5.11 Å². The van der Waals surface area contributed by atoms with E-state index >= 15 is 0 Å². The van der Waals surface area contributed by atoms with E-state index in [4.69, 9.17) is 10.5 Å². The fourth-order valence-electron chi connectivity index (χ4n) is 3.40. The Balaban J connectivity index is 2.18. The van der Waals surface area contributed by atoms with Gasteiger partial charge in [-0.15, -0.1) is 0 Å². The molecule has 1 fully saturated rings. The lowest BCUT2D eigenvalue weighted by Crippen LogP contribution is -2.54. The number of benzene rings is 1. The number of nitrogens with two attached hydrogens (primary N) is 1. The Morgan fingerprint density at radius 3 is 2.73 bits per heavy atom. The zero-order valence-corrected chi connectivity index (χ0v) is 14.0. The molecule has 1 aliphatic heterocycles. The molecule has 1 aromatic carbocycles. The van der Waals surface area contributed by atoms with Crippen molar-refractivity contribution in [3.63, 3.8) is 0 Å². The van der Waals surface area contributed by atoms with E-state index in [1.807, 2.05) is 12.1 Å². The van der Waals surface area contributed by atoms with Crippen LogP contribution in [-0.4, -0.2) is 60.8 Å².